The van der Waals surface area contributed by atoms with Gasteiger partial charge in [-0.2, -0.15) is 0 Å². The lowest BCUT2D eigenvalue weighted by Gasteiger charge is -1.87. The summed E-state index contributed by atoms with van der Waals surface area (Å²) >= 11 is 0. The SMILES string of the molecule is N#[N+]N1C(c2ccccc2)=C1c1cccc2c1N2[N+]#N. The molecule has 0 unspecified atom stereocenters. The Hall–Kier alpha value is -3.38. The highest BCUT2D eigenvalue weighted by atomic mass is 15.6. The van der Waals surface area contributed by atoms with E-state index in [1.807, 2.05) is 48.5 Å². The van der Waals surface area contributed by atoms with Gasteiger partial charge in [0, 0.05) is 21.1 Å². The van der Waals surface area contributed by atoms with Crippen molar-refractivity contribution in [3.8, 4) is 0 Å². The molecule has 2 aliphatic heterocycles. The third-order valence-electron chi connectivity index (χ3n) is 3.48. The topological polar surface area (TPSA) is 62.3 Å². The molecule has 2 aliphatic rings. The average Bonchev–Trinajstić information content (AvgIpc) is 3.40. The van der Waals surface area contributed by atoms with Crippen LogP contribution in [-0.2, 0) is 0 Å². The molecule has 0 aromatic heterocycles. The second-order valence-electron chi connectivity index (χ2n) is 4.54. The molecule has 0 aliphatic carbocycles. The van der Waals surface area contributed by atoms with Gasteiger partial charge in [0.2, 0.25) is 0 Å². The van der Waals surface area contributed by atoms with Crippen LogP contribution in [0.2, 0.25) is 0 Å². The molecule has 0 spiro atoms. The Bertz CT molecular complexity index is 840. The zero-order chi connectivity index (χ0) is 13.7. The molecule has 4 rings (SSSR count). The number of benzene rings is 2. The molecule has 2 aromatic carbocycles. The zero-order valence-corrected chi connectivity index (χ0v) is 10.3. The Balaban J connectivity index is 1.83. The van der Waals surface area contributed by atoms with Crippen molar-refractivity contribution in [2.45, 2.75) is 0 Å². The second kappa shape index (κ2) is 3.56. The quantitative estimate of drug-likeness (QED) is 0.608. The fraction of sp³-hybridized carbons (Fsp3) is 0. The summed E-state index contributed by atoms with van der Waals surface area (Å²) in [5.74, 6) is 0. The first-order chi connectivity index (χ1) is 9.86. The van der Waals surface area contributed by atoms with Crippen LogP contribution in [0.15, 0.2) is 48.5 Å². The summed E-state index contributed by atoms with van der Waals surface area (Å²) in [7, 11) is 0. The lowest BCUT2D eigenvalue weighted by atomic mass is 10.1. The molecule has 6 heteroatoms. The number of para-hydroxylation sites is 1. The molecule has 0 atom stereocenters. The van der Waals surface area contributed by atoms with Crippen LogP contribution in [0.4, 0.5) is 11.4 Å². The van der Waals surface area contributed by atoms with Gasteiger partial charge in [-0.1, -0.05) is 36.4 Å². The number of anilines is 2. The molecule has 0 bridgehead atoms. The highest BCUT2D eigenvalue weighted by Crippen LogP contribution is 2.58. The first kappa shape index (κ1) is 10.5. The highest BCUT2D eigenvalue weighted by molar-refractivity contribution is 6.13. The van der Waals surface area contributed by atoms with Crippen molar-refractivity contribution in [1.29, 1.82) is 10.8 Å². The number of fused-ring (bicyclic) bond motifs is 1. The van der Waals surface area contributed by atoms with E-state index in [1.54, 1.807) is 0 Å². The minimum absolute atomic E-state index is 0.821. The summed E-state index contributed by atoms with van der Waals surface area (Å²) in [6, 6.07) is 15.4. The Labute approximate surface area is 114 Å². The number of rotatable bonds is 2. The third kappa shape index (κ3) is 1.25. The van der Waals surface area contributed by atoms with Crippen molar-refractivity contribution in [3.63, 3.8) is 0 Å². The van der Waals surface area contributed by atoms with E-state index >= 15 is 0 Å². The molecule has 0 fully saturated rings. The molecule has 0 N–H and O–H groups in total. The van der Waals surface area contributed by atoms with Crippen LogP contribution in [0.1, 0.15) is 11.1 Å². The normalized spacial score (nSPS) is 14.5. The molecule has 0 amide bonds. The largest absolute Gasteiger partial charge is 0.316 e. The van der Waals surface area contributed by atoms with E-state index in [0.29, 0.717) is 0 Å². The Morgan fingerprint density at radius 1 is 0.750 bits per heavy atom. The molecular formula is C14H8N6+2. The van der Waals surface area contributed by atoms with Crippen LogP contribution in [0.5, 0.6) is 0 Å². The van der Waals surface area contributed by atoms with Crippen molar-refractivity contribution in [2.75, 3.05) is 5.01 Å². The zero-order valence-electron chi connectivity index (χ0n) is 10.3. The molecule has 0 saturated carbocycles. The standard InChI is InChI=1S/C14H8N6/c15-17-19-11-8-4-7-10(13(11)19)14-12(20(14)18-16)9-5-2-1-3-6-9/h1-8H/q+2. The Morgan fingerprint density at radius 3 is 2.20 bits per heavy atom. The van der Waals surface area contributed by atoms with Crippen molar-refractivity contribution in [1.82, 2.24) is 5.01 Å². The van der Waals surface area contributed by atoms with Gasteiger partial charge in [0.05, 0.1) is 0 Å². The molecule has 6 nitrogen and oxygen atoms in total. The van der Waals surface area contributed by atoms with Crippen LogP contribution >= 0.6 is 0 Å². The van der Waals surface area contributed by atoms with Gasteiger partial charge in [-0.3, -0.25) is 0 Å². The first-order valence-electron chi connectivity index (χ1n) is 6.10. The molecule has 0 saturated heterocycles. The second-order valence-corrected chi connectivity index (χ2v) is 4.54. The summed E-state index contributed by atoms with van der Waals surface area (Å²) < 4.78 is 0. The smallest absolute Gasteiger partial charge is 0.0622 e. The van der Waals surface area contributed by atoms with E-state index in [9.17, 15) is 0 Å². The Kier molecular flexibility index (Phi) is 1.88. The van der Waals surface area contributed by atoms with E-state index in [4.69, 9.17) is 10.8 Å². The molecule has 20 heavy (non-hydrogen) atoms. The lowest BCUT2D eigenvalue weighted by molar-refractivity contribution is 0.834. The van der Waals surface area contributed by atoms with Gasteiger partial charge in [0.1, 0.15) is 0 Å². The minimum atomic E-state index is 0.821. The van der Waals surface area contributed by atoms with Gasteiger partial charge in [-0.25, -0.2) is 0 Å². The average molecular weight is 260 g/mol. The maximum absolute atomic E-state index is 9.12. The lowest BCUT2D eigenvalue weighted by Crippen LogP contribution is -1.87. The van der Waals surface area contributed by atoms with Crippen LogP contribution < -0.4 is 5.01 Å². The van der Waals surface area contributed by atoms with Crippen LogP contribution in [0, 0.1) is 10.8 Å². The summed E-state index contributed by atoms with van der Waals surface area (Å²) in [6.45, 7) is 0. The monoisotopic (exact) mass is 260 g/mol. The number of hydrogen-bond acceptors (Lipinski definition) is 4. The molecule has 2 aromatic rings. The summed E-state index contributed by atoms with van der Waals surface area (Å²) in [5, 5.41) is 27.4. The summed E-state index contributed by atoms with van der Waals surface area (Å²) in [5.41, 5.74) is 5.23. The van der Waals surface area contributed by atoms with Gasteiger partial charge in [0.25, 0.3) is 10.8 Å². The maximum Gasteiger partial charge on any atom is 0.316 e. The summed E-state index contributed by atoms with van der Waals surface area (Å²) in [4.78, 5) is 0. The Morgan fingerprint density at radius 2 is 1.50 bits per heavy atom. The fourth-order valence-electron chi connectivity index (χ4n) is 2.51. The van der Waals surface area contributed by atoms with Gasteiger partial charge in [0.15, 0.2) is 22.8 Å². The summed E-state index contributed by atoms with van der Waals surface area (Å²) in [6.07, 6.45) is 0. The first-order valence-corrected chi connectivity index (χ1v) is 6.10. The molecule has 92 valence electrons. The van der Waals surface area contributed by atoms with Crippen LogP contribution in [-0.4, -0.2) is 5.01 Å². The van der Waals surface area contributed by atoms with E-state index in [2.05, 4.69) is 10.2 Å². The van der Waals surface area contributed by atoms with Crippen LogP contribution in [0.3, 0.4) is 0 Å². The highest BCUT2D eigenvalue weighted by Gasteiger charge is 2.54. The van der Waals surface area contributed by atoms with E-state index < -0.39 is 0 Å². The fourth-order valence-corrected chi connectivity index (χ4v) is 2.51. The predicted octanol–water partition coefficient (Wildman–Crippen LogP) is 3.82. The van der Waals surface area contributed by atoms with Gasteiger partial charge < -0.3 is 0 Å². The third-order valence-corrected chi connectivity index (χ3v) is 3.48. The predicted molar refractivity (Wildman–Crippen MR) is 73.8 cm³/mol. The number of diazo groups is 2. The van der Waals surface area contributed by atoms with Crippen molar-refractivity contribution < 1.29 is 0 Å². The van der Waals surface area contributed by atoms with Crippen molar-refractivity contribution in [2.24, 2.45) is 0 Å². The molecule has 0 radical (unpaired) electrons. The molecule has 2 heterocycles. The van der Waals surface area contributed by atoms with Crippen molar-refractivity contribution >= 4 is 22.8 Å². The van der Waals surface area contributed by atoms with Gasteiger partial charge in [-0.15, -0.1) is 0 Å². The van der Waals surface area contributed by atoms with E-state index in [0.717, 1.165) is 33.9 Å². The van der Waals surface area contributed by atoms with Crippen molar-refractivity contribution in [3.05, 3.63) is 69.8 Å². The number of hydrogen-bond donors (Lipinski definition) is 0. The van der Waals surface area contributed by atoms with E-state index in [1.165, 1.54) is 10.0 Å². The maximum atomic E-state index is 9.12. The minimum Gasteiger partial charge on any atom is -0.0622 e. The molecular weight excluding hydrogens is 252 g/mol. The number of nitrogens with zero attached hydrogens (tertiary/aromatic N) is 6. The van der Waals surface area contributed by atoms with Gasteiger partial charge >= 0.3 is 10.2 Å². The van der Waals surface area contributed by atoms with E-state index in [-0.39, 0.29) is 0 Å². The van der Waals surface area contributed by atoms with Gasteiger partial charge in [-0.05, 0) is 12.1 Å². The van der Waals surface area contributed by atoms with Crippen LogP contribution in [0.25, 0.3) is 21.6 Å².